The van der Waals surface area contributed by atoms with Crippen LogP contribution >= 0.6 is 0 Å². The molecule has 0 radical (unpaired) electrons. The molecule has 0 saturated carbocycles. The number of hydrogen-bond acceptors (Lipinski definition) is 6. The van der Waals surface area contributed by atoms with E-state index in [0.717, 1.165) is 0 Å². The molecule has 29 heavy (non-hydrogen) atoms. The van der Waals surface area contributed by atoms with Crippen molar-refractivity contribution in [3.8, 4) is 22.9 Å². The molecule has 0 aliphatic heterocycles. The monoisotopic (exact) mass is 405 g/mol. The van der Waals surface area contributed by atoms with E-state index in [1.165, 1.54) is 24.3 Å². The second-order valence-electron chi connectivity index (χ2n) is 6.29. The van der Waals surface area contributed by atoms with Crippen LogP contribution in [0.4, 0.5) is 13.2 Å². The first kappa shape index (κ1) is 18.6. The van der Waals surface area contributed by atoms with Gasteiger partial charge in [-0.1, -0.05) is 0 Å². The summed E-state index contributed by atoms with van der Waals surface area (Å²) in [5.41, 5.74) is 1.73. The number of H-pyrrole nitrogens is 2. The van der Waals surface area contributed by atoms with E-state index in [1.54, 1.807) is 23.8 Å². The van der Waals surface area contributed by atoms with Gasteiger partial charge in [0.05, 0.1) is 18.2 Å². The number of imidazole rings is 2. The Balaban J connectivity index is 1.87. The number of halogens is 3. The maximum atomic E-state index is 12.9. The fourth-order valence-electron chi connectivity index (χ4n) is 2.74. The number of hydrogen-bond donors (Lipinski definition) is 2. The van der Waals surface area contributed by atoms with Crippen molar-refractivity contribution in [2.45, 2.75) is 19.6 Å². The number of rotatable bonds is 4. The highest BCUT2D eigenvalue weighted by atomic mass is 19.4. The van der Waals surface area contributed by atoms with Crippen LogP contribution in [0.5, 0.6) is 0 Å². The predicted octanol–water partition coefficient (Wildman–Crippen LogP) is 1.90. The first-order valence-electron chi connectivity index (χ1n) is 8.31. The lowest BCUT2D eigenvalue weighted by Gasteiger charge is -2.14. The second-order valence-corrected chi connectivity index (χ2v) is 6.29. The molecular formula is C16H14F3N9O. The lowest BCUT2D eigenvalue weighted by molar-refractivity contribution is -0.144. The lowest BCUT2D eigenvalue weighted by atomic mass is 10.2. The number of carbonyl (C=O) groups is 1. The average molecular weight is 405 g/mol. The molecule has 13 heteroatoms. The fourth-order valence-corrected chi connectivity index (χ4v) is 2.74. The fraction of sp³-hybridized carbons (Fsp3) is 0.250. The number of fused-ring (bicyclic) bond motifs is 1. The molecule has 0 spiro atoms. The summed E-state index contributed by atoms with van der Waals surface area (Å²) in [4.78, 5) is 32.0. The number of nitrogens with zero attached hydrogens (tertiary/aromatic N) is 7. The van der Waals surface area contributed by atoms with Gasteiger partial charge in [0.2, 0.25) is 11.7 Å². The molecular weight excluding hydrogens is 391 g/mol. The summed E-state index contributed by atoms with van der Waals surface area (Å²) in [6.07, 6.45) is 1.49. The van der Waals surface area contributed by atoms with Gasteiger partial charge in [0, 0.05) is 38.5 Å². The first-order chi connectivity index (χ1) is 13.7. The number of aromatic amines is 2. The van der Waals surface area contributed by atoms with Gasteiger partial charge in [-0.25, -0.2) is 19.9 Å². The second kappa shape index (κ2) is 6.68. The third-order valence-corrected chi connectivity index (χ3v) is 4.21. The summed E-state index contributed by atoms with van der Waals surface area (Å²) >= 11 is 0. The predicted molar refractivity (Wildman–Crippen MR) is 93.1 cm³/mol. The summed E-state index contributed by atoms with van der Waals surface area (Å²) in [5.74, 6) is -1.33. The van der Waals surface area contributed by atoms with E-state index in [9.17, 15) is 18.0 Å². The van der Waals surface area contributed by atoms with Crippen molar-refractivity contribution in [2.75, 3.05) is 7.05 Å². The van der Waals surface area contributed by atoms with Crippen molar-refractivity contribution < 1.29 is 18.0 Å². The number of nitrogens with one attached hydrogen (secondary N) is 2. The Morgan fingerprint density at radius 3 is 2.69 bits per heavy atom. The molecule has 0 saturated heterocycles. The van der Waals surface area contributed by atoms with Gasteiger partial charge in [-0.3, -0.25) is 14.3 Å². The van der Waals surface area contributed by atoms with E-state index < -0.39 is 12.0 Å². The van der Waals surface area contributed by atoms with E-state index in [1.807, 2.05) is 0 Å². The number of amides is 1. The van der Waals surface area contributed by atoms with Crippen LogP contribution in [-0.2, 0) is 17.5 Å². The molecule has 4 heterocycles. The Labute approximate surface area is 160 Å². The van der Waals surface area contributed by atoms with Gasteiger partial charge in [-0.05, 0) is 0 Å². The smallest absolute Gasteiger partial charge is 0.343 e. The molecule has 0 bridgehead atoms. The maximum Gasteiger partial charge on any atom is 0.453 e. The van der Waals surface area contributed by atoms with Crippen LogP contribution in [-0.4, -0.2) is 57.4 Å². The minimum Gasteiger partial charge on any atom is -0.343 e. The van der Waals surface area contributed by atoms with Gasteiger partial charge in [0.25, 0.3) is 5.82 Å². The highest BCUT2D eigenvalue weighted by Crippen LogP contribution is 2.32. The summed E-state index contributed by atoms with van der Waals surface area (Å²) < 4.78 is 40.3. The molecule has 4 aromatic heterocycles. The molecule has 4 aromatic rings. The average Bonchev–Trinajstić information content (AvgIpc) is 3.38. The lowest BCUT2D eigenvalue weighted by Crippen LogP contribution is -2.23. The first-order valence-corrected chi connectivity index (χ1v) is 8.31. The SMILES string of the molecule is CC(=O)N(C)Cc1cnc2nc(-c3nc(C(F)(F)F)n[nH]3)c(-c3cnc[nH]3)n2c1. The van der Waals surface area contributed by atoms with Gasteiger partial charge >= 0.3 is 6.18 Å². The Kier molecular flexibility index (Phi) is 4.28. The molecule has 2 N–H and O–H groups in total. The van der Waals surface area contributed by atoms with Gasteiger partial charge in [0.1, 0.15) is 11.4 Å². The number of alkyl halides is 3. The Bertz CT molecular complexity index is 1180. The minimum atomic E-state index is -4.69. The zero-order chi connectivity index (χ0) is 20.8. The Morgan fingerprint density at radius 2 is 2.07 bits per heavy atom. The van der Waals surface area contributed by atoms with E-state index in [-0.39, 0.29) is 23.2 Å². The summed E-state index contributed by atoms with van der Waals surface area (Å²) in [6.45, 7) is 1.74. The number of aromatic nitrogens is 8. The highest BCUT2D eigenvalue weighted by molar-refractivity contribution is 5.76. The molecule has 0 aliphatic rings. The van der Waals surface area contributed by atoms with Gasteiger partial charge in [0.15, 0.2) is 5.82 Å². The molecule has 0 unspecified atom stereocenters. The van der Waals surface area contributed by atoms with Crippen LogP contribution in [0.15, 0.2) is 24.9 Å². The molecule has 10 nitrogen and oxygen atoms in total. The van der Waals surface area contributed by atoms with E-state index >= 15 is 0 Å². The number of carbonyl (C=O) groups excluding carboxylic acids is 1. The molecule has 0 atom stereocenters. The van der Waals surface area contributed by atoms with Crippen molar-refractivity contribution >= 4 is 11.7 Å². The van der Waals surface area contributed by atoms with Crippen molar-refractivity contribution in [3.05, 3.63) is 36.3 Å². The van der Waals surface area contributed by atoms with Gasteiger partial charge in [-0.2, -0.15) is 13.2 Å². The molecule has 0 fully saturated rings. The van der Waals surface area contributed by atoms with Crippen molar-refractivity contribution in [3.63, 3.8) is 0 Å². The molecule has 150 valence electrons. The molecule has 0 aromatic carbocycles. The van der Waals surface area contributed by atoms with E-state index in [0.29, 0.717) is 23.5 Å². The minimum absolute atomic E-state index is 0.119. The van der Waals surface area contributed by atoms with Gasteiger partial charge < -0.3 is 9.88 Å². The van der Waals surface area contributed by atoms with Crippen LogP contribution < -0.4 is 0 Å². The zero-order valence-electron chi connectivity index (χ0n) is 15.2. The molecule has 1 amide bonds. The quantitative estimate of drug-likeness (QED) is 0.535. The topological polar surface area (TPSA) is 121 Å². The zero-order valence-corrected chi connectivity index (χ0v) is 15.2. The van der Waals surface area contributed by atoms with Crippen LogP contribution in [0, 0.1) is 0 Å². The van der Waals surface area contributed by atoms with Gasteiger partial charge in [-0.15, -0.1) is 5.10 Å². The van der Waals surface area contributed by atoms with Crippen molar-refractivity contribution in [1.82, 2.24) is 44.4 Å². The summed E-state index contributed by atoms with van der Waals surface area (Å²) in [5, 5.41) is 5.51. The third kappa shape index (κ3) is 3.41. The van der Waals surface area contributed by atoms with Crippen LogP contribution in [0.2, 0.25) is 0 Å². The summed E-state index contributed by atoms with van der Waals surface area (Å²) in [6, 6.07) is 0. The van der Waals surface area contributed by atoms with Crippen LogP contribution in [0.3, 0.4) is 0 Å². The normalized spacial score (nSPS) is 11.9. The van der Waals surface area contributed by atoms with Crippen molar-refractivity contribution in [1.29, 1.82) is 0 Å². The maximum absolute atomic E-state index is 12.9. The standard InChI is InChI=1S/C16H14F3N9O/c1-8(29)27(2)5-9-3-21-15-23-11(13-24-14(26-25-13)16(17,18)19)12(28(15)6-9)10-4-20-7-22-10/h3-4,6-7H,5H2,1-2H3,(H,20,22)(H,24,25,26). The van der Waals surface area contributed by atoms with Crippen LogP contribution in [0.25, 0.3) is 28.7 Å². The Hall–Kier alpha value is -3.77. The van der Waals surface area contributed by atoms with Crippen LogP contribution in [0.1, 0.15) is 18.3 Å². The van der Waals surface area contributed by atoms with E-state index in [2.05, 4.69) is 35.1 Å². The Morgan fingerprint density at radius 1 is 1.28 bits per heavy atom. The molecule has 0 aliphatic carbocycles. The molecule has 4 rings (SSSR count). The van der Waals surface area contributed by atoms with Crippen molar-refractivity contribution in [2.24, 2.45) is 0 Å². The summed E-state index contributed by atoms with van der Waals surface area (Å²) in [7, 11) is 1.65. The highest BCUT2D eigenvalue weighted by Gasteiger charge is 2.36. The van der Waals surface area contributed by atoms with E-state index in [4.69, 9.17) is 0 Å². The third-order valence-electron chi connectivity index (χ3n) is 4.21. The largest absolute Gasteiger partial charge is 0.453 e.